The Morgan fingerprint density at radius 3 is 2.45 bits per heavy atom. The van der Waals surface area contributed by atoms with Crippen molar-refractivity contribution in [3.8, 4) is 0 Å². The van der Waals surface area contributed by atoms with Crippen molar-refractivity contribution in [3.63, 3.8) is 0 Å². The standard InChI is InChI=1S/C7H9ClN2.ClH/c8-7-2-1-6(10)3-5(7)4-9;/h1-3H,4,9-10H2;1H. The Bertz CT molecular complexity index is 238. The number of hydrogen-bond acceptors (Lipinski definition) is 2. The zero-order chi connectivity index (χ0) is 7.56. The van der Waals surface area contributed by atoms with Crippen LogP contribution in [0.2, 0.25) is 5.02 Å². The lowest BCUT2D eigenvalue weighted by atomic mass is 10.2. The van der Waals surface area contributed by atoms with E-state index < -0.39 is 0 Å². The summed E-state index contributed by atoms with van der Waals surface area (Å²) in [6.45, 7) is 0.434. The van der Waals surface area contributed by atoms with Gasteiger partial charge in [-0.2, -0.15) is 0 Å². The molecule has 0 saturated heterocycles. The maximum atomic E-state index is 5.76. The molecular weight excluding hydrogens is 183 g/mol. The third kappa shape index (κ3) is 2.58. The van der Waals surface area contributed by atoms with Crippen molar-refractivity contribution in [1.29, 1.82) is 0 Å². The fourth-order valence-electron chi connectivity index (χ4n) is 0.751. The number of rotatable bonds is 1. The summed E-state index contributed by atoms with van der Waals surface area (Å²) in [6, 6.07) is 5.28. The summed E-state index contributed by atoms with van der Waals surface area (Å²) in [5.41, 5.74) is 12.5. The molecule has 0 aromatic heterocycles. The SMILES string of the molecule is Cl.NCc1cc(N)ccc1Cl. The summed E-state index contributed by atoms with van der Waals surface area (Å²) in [5, 5.41) is 0.678. The van der Waals surface area contributed by atoms with E-state index in [0.29, 0.717) is 17.3 Å². The van der Waals surface area contributed by atoms with Crippen LogP contribution in [0.25, 0.3) is 0 Å². The van der Waals surface area contributed by atoms with Crippen LogP contribution in [0.1, 0.15) is 5.56 Å². The second-order valence-corrected chi connectivity index (χ2v) is 2.46. The van der Waals surface area contributed by atoms with Gasteiger partial charge in [0.05, 0.1) is 0 Å². The number of halogens is 2. The highest BCUT2D eigenvalue weighted by Gasteiger charge is 1.96. The molecule has 0 atom stereocenters. The molecule has 0 heterocycles. The number of hydrogen-bond donors (Lipinski definition) is 2. The Kier molecular flexibility index (Phi) is 4.26. The molecule has 0 unspecified atom stereocenters. The fraction of sp³-hybridized carbons (Fsp3) is 0.143. The Hall–Kier alpha value is -0.440. The smallest absolute Gasteiger partial charge is 0.0452 e. The summed E-state index contributed by atoms with van der Waals surface area (Å²) in [4.78, 5) is 0. The normalized spacial score (nSPS) is 8.91. The van der Waals surface area contributed by atoms with Crippen molar-refractivity contribution in [2.45, 2.75) is 6.54 Å². The number of nitrogens with two attached hydrogens (primary N) is 2. The Morgan fingerprint density at radius 2 is 2.00 bits per heavy atom. The molecule has 1 rings (SSSR count). The lowest BCUT2D eigenvalue weighted by molar-refractivity contribution is 1.07. The predicted molar refractivity (Wildman–Crippen MR) is 51.0 cm³/mol. The molecule has 0 fully saturated rings. The first-order valence-electron chi connectivity index (χ1n) is 2.98. The first kappa shape index (κ1) is 10.6. The van der Waals surface area contributed by atoms with E-state index in [-0.39, 0.29) is 12.4 Å². The molecule has 0 aliphatic heterocycles. The van der Waals surface area contributed by atoms with Gasteiger partial charge in [-0.3, -0.25) is 0 Å². The van der Waals surface area contributed by atoms with Crippen LogP contribution in [-0.4, -0.2) is 0 Å². The highest BCUT2D eigenvalue weighted by Crippen LogP contribution is 2.17. The molecule has 1 aromatic carbocycles. The minimum absolute atomic E-state index is 0. The fourth-order valence-corrected chi connectivity index (χ4v) is 0.946. The average molecular weight is 193 g/mol. The lowest BCUT2D eigenvalue weighted by Gasteiger charge is -2.00. The van der Waals surface area contributed by atoms with Gasteiger partial charge in [-0.15, -0.1) is 12.4 Å². The monoisotopic (exact) mass is 192 g/mol. The van der Waals surface area contributed by atoms with Crippen molar-refractivity contribution < 1.29 is 0 Å². The molecule has 0 amide bonds. The van der Waals surface area contributed by atoms with E-state index in [0.717, 1.165) is 5.56 Å². The molecule has 0 aliphatic carbocycles. The van der Waals surface area contributed by atoms with E-state index in [2.05, 4.69) is 0 Å². The third-order valence-corrected chi connectivity index (χ3v) is 1.66. The Balaban J connectivity index is 0.000001000. The lowest BCUT2D eigenvalue weighted by Crippen LogP contribution is -1.98. The molecule has 11 heavy (non-hydrogen) atoms. The first-order chi connectivity index (χ1) is 4.74. The van der Waals surface area contributed by atoms with E-state index >= 15 is 0 Å². The molecule has 0 radical (unpaired) electrons. The van der Waals surface area contributed by atoms with E-state index in [1.54, 1.807) is 18.2 Å². The first-order valence-corrected chi connectivity index (χ1v) is 3.36. The van der Waals surface area contributed by atoms with Crippen LogP contribution in [0.5, 0.6) is 0 Å². The molecule has 4 N–H and O–H groups in total. The second kappa shape index (κ2) is 4.44. The van der Waals surface area contributed by atoms with E-state index in [1.165, 1.54) is 0 Å². The molecule has 62 valence electrons. The third-order valence-electron chi connectivity index (χ3n) is 1.29. The number of benzene rings is 1. The Morgan fingerprint density at radius 1 is 1.36 bits per heavy atom. The van der Waals surface area contributed by atoms with E-state index in [4.69, 9.17) is 23.1 Å². The van der Waals surface area contributed by atoms with Gasteiger partial charge in [0.2, 0.25) is 0 Å². The van der Waals surface area contributed by atoms with Gasteiger partial charge in [0.1, 0.15) is 0 Å². The summed E-state index contributed by atoms with van der Waals surface area (Å²) < 4.78 is 0. The highest BCUT2D eigenvalue weighted by molar-refractivity contribution is 6.31. The van der Waals surface area contributed by atoms with Gasteiger partial charge in [0.15, 0.2) is 0 Å². The maximum absolute atomic E-state index is 5.76. The van der Waals surface area contributed by atoms with Gasteiger partial charge < -0.3 is 11.5 Å². The second-order valence-electron chi connectivity index (χ2n) is 2.05. The van der Waals surface area contributed by atoms with Crippen LogP contribution < -0.4 is 11.5 Å². The highest BCUT2D eigenvalue weighted by atomic mass is 35.5. The average Bonchev–Trinajstić information content (AvgIpc) is 1.94. The van der Waals surface area contributed by atoms with E-state index in [1.807, 2.05) is 0 Å². The molecule has 4 heteroatoms. The molecule has 0 bridgehead atoms. The van der Waals surface area contributed by atoms with Crippen LogP contribution >= 0.6 is 24.0 Å². The molecule has 0 saturated carbocycles. The van der Waals surface area contributed by atoms with Crippen LogP contribution in [0, 0.1) is 0 Å². The summed E-state index contributed by atoms with van der Waals surface area (Å²) in [7, 11) is 0. The van der Waals surface area contributed by atoms with Gasteiger partial charge >= 0.3 is 0 Å². The molecule has 1 aromatic rings. The minimum Gasteiger partial charge on any atom is -0.399 e. The zero-order valence-electron chi connectivity index (χ0n) is 5.88. The molecule has 2 nitrogen and oxygen atoms in total. The Labute approximate surface area is 76.9 Å². The van der Waals surface area contributed by atoms with Crippen LogP contribution in [0.4, 0.5) is 5.69 Å². The molecular formula is C7H10Cl2N2. The van der Waals surface area contributed by atoms with Crippen LogP contribution in [0.15, 0.2) is 18.2 Å². The van der Waals surface area contributed by atoms with Crippen molar-refractivity contribution in [2.75, 3.05) is 5.73 Å². The topological polar surface area (TPSA) is 52.0 Å². The summed E-state index contributed by atoms with van der Waals surface area (Å²) >= 11 is 5.76. The van der Waals surface area contributed by atoms with Gasteiger partial charge in [0.25, 0.3) is 0 Å². The van der Waals surface area contributed by atoms with Gasteiger partial charge in [-0.05, 0) is 23.8 Å². The van der Waals surface area contributed by atoms with Crippen molar-refractivity contribution >= 4 is 29.7 Å². The quantitative estimate of drug-likeness (QED) is 0.668. The van der Waals surface area contributed by atoms with E-state index in [9.17, 15) is 0 Å². The van der Waals surface area contributed by atoms with Crippen molar-refractivity contribution in [2.24, 2.45) is 5.73 Å². The maximum Gasteiger partial charge on any atom is 0.0452 e. The van der Waals surface area contributed by atoms with Crippen molar-refractivity contribution in [1.82, 2.24) is 0 Å². The van der Waals surface area contributed by atoms with Crippen LogP contribution in [-0.2, 0) is 6.54 Å². The van der Waals surface area contributed by atoms with Gasteiger partial charge in [-0.25, -0.2) is 0 Å². The molecule has 0 spiro atoms. The van der Waals surface area contributed by atoms with Crippen LogP contribution in [0.3, 0.4) is 0 Å². The van der Waals surface area contributed by atoms with Crippen molar-refractivity contribution in [3.05, 3.63) is 28.8 Å². The minimum atomic E-state index is 0. The summed E-state index contributed by atoms with van der Waals surface area (Å²) in [6.07, 6.45) is 0. The van der Waals surface area contributed by atoms with Gasteiger partial charge in [0, 0.05) is 17.3 Å². The predicted octanol–water partition coefficient (Wildman–Crippen LogP) is 1.80. The molecule has 0 aliphatic rings. The number of nitrogen functional groups attached to an aromatic ring is 1. The number of anilines is 1. The largest absolute Gasteiger partial charge is 0.399 e. The summed E-state index contributed by atoms with van der Waals surface area (Å²) in [5.74, 6) is 0. The van der Waals surface area contributed by atoms with Gasteiger partial charge in [-0.1, -0.05) is 11.6 Å². The zero-order valence-corrected chi connectivity index (χ0v) is 7.45.